The summed E-state index contributed by atoms with van der Waals surface area (Å²) in [6.45, 7) is 2.15. The smallest absolute Gasteiger partial charge is 0.0568 e. The largest absolute Gasteiger partial charge is 0.159 e. The van der Waals surface area contributed by atoms with Crippen LogP contribution < -0.4 is 0 Å². The predicted octanol–water partition coefficient (Wildman–Crippen LogP) is 5.69. The summed E-state index contributed by atoms with van der Waals surface area (Å²) < 4.78 is 0. The number of allylic oxidation sites excluding steroid dienone is 2. The van der Waals surface area contributed by atoms with Crippen molar-refractivity contribution >= 4 is 24.0 Å². The maximum Gasteiger partial charge on any atom is 0.0568 e. The Bertz CT molecular complexity index is 668. The molecule has 0 aliphatic carbocycles. The molecule has 118 valence electrons. The van der Waals surface area contributed by atoms with Gasteiger partial charge in [-0.05, 0) is 48.1 Å². The summed E-state index contributed by atoms with van der Waals surface area (Å²) in [6.07, 6.45) is 11.2. The molecule has 2 nitrogen and oxygen atoms in total. The average molecular weight is 325 g/mol. The lowest BCUT2D eigenvalue weighted by molar-refractivity contribution is 0.992. The van der Waals surface area contributed by atoms with E-state index in [1.54, 1.807) is 12.4 Å². The SMILES string of the molecule is CCC=CCCc1ccc(C=NN=Cc2ccc(Cl)cc2)cc1. The van der Waals surface area contributed by atoms with Crippen molar-refractivity contribution in [2.45, 2.75) is 26.2 Å². The normalized spacial score (nSPS) is 11.9. The summed E-state index contributed by atoms with van der Waals surface area (Å²) in [5, 5.41) is 8.85. The van der Waals surface area contributed by atoms with Gasteiger partial charge in [-0.2, -0.15) is 10.2 Å². The van der Waals surface area contributed by atoms with Gasteiger partial charge in [-0.25, -0.2) is 0 Å². The Kier molecular flexibility index (Phi) is 7.28. The van der Waals surface area contributed by atoms with E-state index in [4.69, 9.17) is 11.6 Å². The van der Waals surface area contributed by atoms with Gasteiger partial charge < -0.3 is 0 Å². The molecule has 0 saturated heterocycles. The summed E-state index contributed by atoms with van der Waals surface area (Å²) >= 11 is 5.84. The summed E-state index contributed by atoms with van der Waals surface area (Å²) in [5.41, 5.74) is 3.36. The highest BCUT2D eigenvalue weighted by molar-refractivity contribution is 6.30. The molecule has 2 aromatic rings. The number of rotatable bonds is 7. The second kappa shape index (κ2) is 9.75. The third kappa shape index (κ3) is 6.62. The second-order valence-electron chi connectivity index (χ2n) is 5.20. The van der Waals surface area contributed by atoms with Crippen LogP contribution in [0.15, 0.2) is 70.9 Å². The highest BCUT2D eigenvalue weighted by atomic mass is 35.5. The molecule has 0 fully saturated rings. The van der Waals surface area contributed by atoms with Gasteiger partial charge in [0.15, 0.2) is 0 Å². The van der Waals surface area contributed by atoms with Crippen LogP contribution in [0, 0.1) is 0 Å². The zero-order chi connectivity index (χ0) is 16.3. The fourth-order valence-corrected chi connectivity index (χ4v) is 2.18. The van der Waals surface area contributed by atoms with Crippen molar-refractivity contribution in [3.63, 3.8) is 0 Å². The van der Waals surface area contributed by atoms with Gasteiger partial charge in [0.2, 0.25) is 0 Å². The number of halogens is 1. The molecule has 0 atom stereocenters. The van der Waals surface area contributed by atoms with Crippen LogP contribution in [0.25, 0.3) is 0 Å². The van der Waals surface area contributed by atoms with Gasteiger partial charge in [0, 0.05) is 5.02 Å². The van der Waals surface area contributed by atoms with E-state index in [0.29, 0.717) is 0 Å². The van der Waals surface area contributed by atoms with Crippen LogP contribution in [0.3, 0.4) is 0 Å². The van der Waals surface area contributed by atoms with E-state index >= 15 is 0 Å². The van der Waals surface area contributed by atoms with E-state index in [0.717, 1.165) is 35.4 Å². The van der Waals surface area contributed by atoms with E-state index < -0.39 is 0 Å². The zero-order valence-electron chi connectivity index (χ0n) is 13.3. The molecule has 0 saturated carbocycles. The first-order chi connectivity index (χ1) is 11.3. The molecule has 3 heteroatoms. The van der Waals surface area contributed by atoms with E-state index in [1.165, 1.54) is 5.56 Å². The monoisotopic (exact) mass is 324 g/mol. The minimum atomic E-state index is 0.718. The third-order valence-corrected chi connectivity index (χ3v) is 3.58. The molecule has 0 N–H and O–H groups in total. The lowest BCUT2D eigenvalue weighted by Crippen LogP contribution is -1.86. The van der Waals surface area contributed by atoms with Gasteiger partial charge in [0.05, 0.1) is 12.4 Å². The molecule has 2 rings (SSSR count). The Morgan fingerprint density at radius 3 is 1.96 bits per heavy atom. The molecule has 23 heavy (non-hydrogen) atoms. The van der Waals surface area contributed by atoms with Gasteiger partial charge in [0.25, 0.3) is 0 Å². The Hall–Kier alpha value is -2.19. The van der Waals surface area contributed by atoms with Crippen LogP contribution in [0.2, 0.25) is 5.02 Å². The lowest BCUT2D eigenvalue weighted by atomic mass is 10.1. The van der Waals surface area contributed by atoms with E-state index in [2.05, 4.69) is 53.5 Å². The molecule has 0 aliphatic heterocycles. The predicted molar refractivity (Wildman–Crippen MR) is 101 cm³/mol. The first-order valence-corrected chi connectivity index (χ1v) is 8.21. The Labute approximate surface area is 143 Å². The van der Waals surface area contributed by atoms with E-state index in [1.807, 2.05) is 24.3 Å². The van der Waals surface area contributed by atoms with Gasteiger partial charge in [0.1, 0.15) is 0 Å². The van der Waals surface area contributed by atoms with Gasteiger partial charge in [-0.1, -0.05) is 67.1 Å². The average Bonchev–Trinajstić information content (AvgIpc) is 2.58. The van der Waals surface area contributed by atoms with Crippen molar-refractivity contribution in [2.24, 2.45) is 10.2 Å². The van der Waals surface area contributed by atoms with Crippen molar-refractivity contribution in [3.8, 4) is 0 Å². The molecule has 0 aliphatic rings. The van der Waals surface area contributed by atoms with Crippen LogP contribution in [0.4, 0.5) is 0 Å². The van der Waals surface area contributed by atoms with E-state index in [9.17, 15) is 0 Å². The second-order valence-corrected chi connectivity index (χ2v) is 5.64. The van der Waals surface area contributed by atoms with Crippen molar-refractivity contribution < 1.29 is 0 Å². The van der Waals surface area contributed by atoms with Crippen LogP contribution in [0.5, 0.6) is 0 Å². The van der Waals surface area contributed by atoms with Crippen molar-refractivity contribution in [3.05, 3.63) is 82.4 Å². The first-order valence-electron chi connectivity index (χ1n) is 7.84. The minimum Gasteiger partial charge on any atom is -0.159 e. The molecule has 0 bridgehead atoms. The Morgan fingerprint density at radius 2 is 1.39 bits per heavy atom. The molecule has 0 radical (unpaired) electrons. The van der Waals surface area contributed by atoms with Crippen LogP contribution in [-0.4, -0.2) is 12.4 Å². The minimum absolute atomic E-state index is 0.718. The number of hydrogen-bond donors (Lipinski definition) is 0. The summed E-state index contributed by atoms with van der Waals surface area (Å²) in [7, 11) is 0. The Balaban J connectivity index is 1.85. The maximum atomic E-state index is 5.84. The fourth-order valence-electron chi connectivity index (χ4n) is 2.05. The molecule has 0 amide bonds. The highest BCUT2D eigenvalue weighted by Crippen LogP contribution is 2.08. The summed E-state index contributed by atoms with van der Waals surface area (Å²) in [4.78, 5) is 0. The molecule has 0 aromatic heterocycles. The van der Waals surface area contributed by atoms with Gasteiger partial charge in [-0.3, -0.25) is 0 Å². The zero-order valence-corrected chi connectivity index (χ0v) is 14.1. The number of hydrogen-bond acceptors (Lipinski definition) is 2. The lowest BCUT2D eigenvalue weighted by Gasteiger charge is -1.99. The van der Waals surface area contributed by atoms with Crippen LogP contribution in [0.1, 0.15) is 36.5 Å². The quantitative estimate of drug-likeness (QED) is 0.355. The molecular formula is C20H21ClN2. The van der Waals surface area contributed by atoms with Crippen LogP contribution >= 0.6 is 11.6 Å². The number of aryl methyl sites for hydroxylation is 1. The molecule has 0 unspecified atom stereocenters. The van der Waals surface area contributed by atoms with Crippen molar-refractivity contribution in [2.75, 3.05) is 0 Å². The topological polar surface area (TPSA) is 24.7 Å². The number of nitrogens with zero attached hydrogens (tertiary/aromatic N) is 2. The number of benzene rings is 2. The fraction of sp³-hybridized carbons (Fsp3) is 0.200. The summed E-state index contributed by atoms with van der Waals surface area (Å²) in [6, 6.07) is 15.9. The maximum absolute atomic E-state index is 5.84. The van der Waals surface area contributed by atoms with E-state index in [-0.39, 0.29) is 0 Å². The standard InChI is InChI=1S/C20H21ClN2/c1-2-3-4-5-6-17-7-9-18(10-8-17)15-22-23-16-19-11-13-20(21)14-12-19/h3-4,7-16H,2,5-6H2,1H3. The molecule has 0 heterocycles. The third-order valence-electron chi connectivity index (χ3n) is 3.33. The Morgan fingerprint density at radius 1 is 0.826 bits per heavy atom. The highest BCUT2D eigenvalue weighted by Gasteiger charge is 1.92. The molecule has 0 spiro atoms. The summed E-state index contributed by atoms with van der Waals surface area (Å²) in [5.74, 6) is 0. The van der Waals surface area contributed by atoms with Gasteiger partial charge in [-0.15, -0.1) is 0 Å². The van der Waals surface area contributed by atoms with Crippen molar-refractivity contribution in [1.82, 2.24) is 0 Å². The molecular weight excluding hydrogens is 304 g/mol. The molecule has 2 aromatic carbocycles. The van der Waals surface area contributed by atoms with Crippen molar-refractivity contribution in [1.29, 1.82) is 0 Å². The first kappa shape index (κ1) is 17.2. The van der Waals surface area contributed by atoms with Gasteiger partial charge >= 0.3 is 0 Å². The van der Waals surface area contributed by atoms with Crippen LogP contribution in [-0.2, 0) is 6.42 Å².